The summed E-state index contributed by atoms with van der Waals surface area (Å²) in [5.41, 5.74) is 3.47. The van der Waals surface area contributed by atoms with Crippen molar-refractivity contribution in [3.63, 3.8) is 0 Å². The summed E-state index contributed by atoms with van der Waals surface area (Å²) in [5, 5.41) is 9.14. The molecule has 2 aromatic carbocycles. The maximum atomic E-state index is 12.3. The number of nitrogens with zero attached hydrogens (tertiary/aromatic N) is 3. The second-order valence-corrected chi connectivity index (χ2v) is 7.27. The molecule has 1 aliphatic rings. The molecule has 0 saturated heterocycles. The Hall–Kier alpha value is -2.37. The number of aromatic nitrogens is 3. The fourth-order valence-corrected chi connectivity index (χ4v) is 3.87. The molecule has 0 aliphatic carbocycles. The number of hydrogen-bond donors (Lipinski definition) is 0. The van der Waals surface area contributed by atoms with E-state index in [9.17, 15) is 4.55 Å². The van der Waals surface area contributed by atoms with Crippen molar-refractivity contribution in [1.29, 1.82) is 0 Å². The van der Waals surface area contributed by atoms with Crippen LogP contribution in [0.15, 0.2) is 59.8 Å². The Morgan fingerprint density at radius 3 is 2.58 bits per heavy atom. The van der Waals surface area contributed by atoms with Gasteiger partial charge in [-0.1, -0.05) is 59.7 Å². The SMILES string of the molecule is CC[S+]([O-])c1nnc2n1C=Cc1ccccc1C2c1ccccc1. The number of rotatable bonds is 3. The second kappa shape index (κ2) is 6.26. The Bertz CT molecular complexity index is 889. The fourth-order valence-electron chi connectivity index (χ4n) is 3.10. The summed E-state index contributed by atoms with van der Waals surface area (Å²) in [4.78, 5) is 0. The summed E-state index contributed by atoms with van der Waals surface area (Å²) in [6.07, 6.45) is 3.97. The molecular formula is C19H17N3OS. The van der Waals surface area contributed by atoms with Gasteiger partial charge in [-0.3, -0.25) is 0 Å². The minimum Gasteiger partial charge on any atom is -0.609 e. The summed E-state index contributed by atoms with van der Waals surface area (Å²) in [6, 6.07) is 18.6. The summed E-state index contributed by atoms with van der Waals surface area (Å²) >= 11 is -1.15. The molecule has 4 rings (SSSR count). The zero-order valence-corrected chi connectivity index (χ0v) is 14.1. The van der Waals surface area contributed by atoms with E-state index < -0.39 is 11.2 Å². The van der Waals surface area contributed by atoms with E-state index in [1.165, 1.54) is 5.56 Å². The first kappa shape index (κ1) is 15.2. The lowest BCUT2D eigenvalue weighted by molar-refractivity contribution is 0.584. The molecule has 1 aromatic heterocycles. The van der Waals surface area contributed by atoms with Crippen molar-refractivity contribution in [1.82, 2.24) is 14.8 Å². The molecule has 24 heavy (non-hydrogen) atoms. The zero-order chi connectivity index (χ0) is 16.5. The fraction of sp³-hybridized carbons (Fsp3) is 0.158. The average molecular weight is 335 g/mol. The average Bonchev–Trinajstić information content (AvgIpc) is 2.97. The van der Waals surface area contributed by atoms with Crippen molar-refractivity contribution in [2.75, 3.05) is 5.75 Å². The van der Waals surface area contributed by atoms with Gasteiger partial charge in [-0.25, -0.2) is 4.57 Å². The van der Waals surface area contributed by atoms with Crippen LogP contribution >= 0.6 is 0 Å². The highest BCUT2D eigenvalue weighted by atomic mass is 32.2. The van der Waals surface area contributed by atoms with Gasteiger partial charge >= 0.3 is 5.16 Å². The van der Waals surface area contributed by atoms with E-state index in [1.807, 2.05) is 54.1 Å². The molecule has 0 radical (unpaired) electrons. The van der Waals surface area contributed by atoms with Crippen molar-refractivity contribution in [3.8, 4) is 0 Å². The smallest absolute Gasteiger partial charge is 0.347 e. The largest absolute Gasteiger partial charge is 0.609 e. The van der Waals surface area contributed by atoms with Crippen LogP contribution in [0.1, 0.15) is 35.4 Å². The molecule has 0 saturated carbocycles. The maximum absolute atomic E-state index is 12.3. The third-order valence-electron chi connectivity index (χ3n) is 4.26. The predicted molar refractivity (Wildman–Crippen MR) is 96.0 cm³/mol. The van der Waals surface area contributed by atoms with E-state index in [2.05, 4.69) is 34.5 Å². The summed E-state index contributed by atoms with van der Waals surface area (Å²) in [5.74, 6) is 1.29. The molecule has 2 unspecified atom stereocenters. The van der Waals surface area contributed by atoms with Gasteiger partial charge in [0.05, 0.1) is 5.92 Å². The van der Waals surface area contributed by atoms with Crippen molar-refractivity contribution in [2.24, 2.45) is 0 Å². The van der Waals surface area contributed by atoms with Crippen molar-refractivity contribution in [2.45, 2.75) is 18.0 Å². The molecule has 0 bridgehead atoms. The zero-order valence-electron chi connectivity index (χ0n) is 13.3. The van der Waals surface area contributed by atoms with Gasteiger partial charge in [0.2, 0.25) is 0 Å². The maximum Gasteiger partial charge on any atom is 0.347 e. The van der Waals surface area contributed by atoms with Crippen molar-refractivity contribution in [3.05, 3.63) is 77.1 Å². The Kier molecular flexibility index (Phi) is 3.96. The molecule has 120 valence electrons. The van der Waals surface area contributed by atoms with E-state index in [1.54, 1.807) is 0 Å². The molecule has 2 atom stereocenters. The van der Waals surface area contributed by atoms with Crippen LogP contribution in [0.4, 0.5) is 0 Å². The van der Waals surface area contributed by atoms with Gasteiger partial charge in [-0.05, 0) is 29.7 Å². The first-order valence-electron chi connectivity index (χ1n) is 7.95. The Morgan fingerprint density at radius 1 is 1.04 bits per heavy atom. The van der Waals surface area contributed by atoms with Crippen LogP contribution in [0.25, 0.3) is 12.3 Å². The normalized spacial score (nSPS) is 17.0. The van der Waals surface area contributed by atoms with E-state index in [4.69, 9.17) is 0 Å². The quantitative estimate of drug-likeness (QED) is 0.538. The van der Waals surface area contributed by atoms with E-state index in [0.29, 0.717) is 10.9 Å². The summed E-state index contributed by atoms with van der Waals surface area (Å²) in [6.45, 7) is 1.89. The first-order chi connectivity index (χ1) is 11.8. The summed E-state index contributed by atoms with van der Waals surface area (Å²) in [7, 11) is 0. The van der Waals surface area contributed by atoms with Gasteiger partial charge in [-0.2, -0.15) is 0 Å². The highest BCUT2D eigenvalue weighted by Crippen LogP contribution is 2.36. The molecule has 0 spiro atoms. The van der Waals surface area contributed by atoms with Crippen LogP contribution in [0.3, 0.4) is 0 Å². The Labute approximate surface area is 144 Å². The minimum absolute atomic E-state index is 0.0347. The lowest BCUT2D eigenvalue weighted by atomic mass is 9.88. The molecule has 0 amide bonds. The number of hydrogen-bond acceptors (Lipinski definition) is 3. The number of benzene rings is 2. The predicted octanol–water partition coefficient (Wildman–Crippen LogP) is 3.53. The summed E-state index contributed by atoms with van der Waals surface area (Å²) < 4.78 is 14.2. The minimum atomic E-state index is -1.15. The van der Waals surface area contributed by atoms with Crippen molar-refractivity contribution >= 4 is 23.5 Å². The van der Waals surface area contributed by atoms with E-state index in [-0.39, 0.29) is 5.92 Å². The van der Waals surface area contributed by atoms with Crippen LogP contribution in [0, 0.1) is 0 Å². The number of fused-ring (bicyclic) bond motifs is 2. The third kappa shape index (κ3) is 2.46. The second-order valence-electron chi connectivity index (χ2n) is 5.63. The van der Waals surface area contributed by atoms with E-state index >= 15 is 0 Å². The highest BCUT2D eigenvalue weighted by Gasteiger charge is 2.30. The molecule has 0 fully saturated rings. The van der Waals surface area contributed by atoms with E-state index in [0.717, 1.165) is 17.0 Å². The van der Waals surface area contributed by atoms with Crippen LogP contribution in [0.2, 0.25) is 0 Å². The lowest BCUT2D eigenvalue weighted by Gasteiger charge is -2.17. The van der Waals surface area contributed by atoms with Crippen LogP contribution in [-0.2, 0) is 11.2 Å². The van der Waals surface area contributed by atoms with Crippen LogP contribution < -0.4 is 0 Å². The first-order valence-corrected chi connectivity index (χ1v) is 9.26. The van der Waals surface area contributed by atoms with Gasteiger partial charge in [-0.15, -0.1) is 5.10 Å². The monoisotopic (exact) mass is 335 g/mol. The highest BCUT2D eigenvalue weighted by molar-refractivity contribution is 7.91. The van der Waals surface area contributed by atoms with Gasteiger partial charge in [0, 0.05) is 17.4 Å². The van der Waals surface area contributed by atoms with Gasteiger partial charge in [0.25, 0.3) is 0 Å². The van der Waals surface area contributed by atoms with Gasteiger partial charge in [0.1, 0.15) is 5.75 Å². The molecule has 0 N–H and O–H groups in total. The molecule has 5 heteroatoms. The van der Waals surface area contributed by atoms with Crippen LogP contribution in [-0.4, -0.2) is 25.1 Å². The standard InChI is InChI=1S/C19H17N3OS/c1-2-24(23)19-21-20-18-17(15-9-4-3-5-10-15)16-11-7-6-8-14(16)12-13-22(18)19/h3-13,17H,2H2,1H3. The molecule has 1 aliphatic heterocycles. The Balaban J connectivity index is 1.96. The van der Waals surface area contributed by atoms with Gasteiger partial charge in [0.15, 0.2) is 5.82 Å². The molecular weight excluding hydrogens is 318 g/mol. The van der Waals surface area contributed by atoms with Crippen molar-refractivity contribution < 1.29 is 4.55 Å². The third-order valence-corrected chi connectivity index (χ3v) is 5.47. The van der Waals surface area contributed by atoms with Crippen LogP contribution in [0.5, 0.6) is 0 Å². The lowest BCUT2D eigenvalue weighted by Crippen LogP contribution is -2.13. The topological polar surface area (TPSA) is 53.8 Å². The molecule has 2 heterocycles. The molecule has 3 aromatic rings. The Morgan fingerprint density at radius 2 is 1.79 bits per heavy atom. The van der Waals surface area contributed by atoms with Gasteiger partial charge < -0.3 is 4.55 Å². The molecule has 4 nitrogen and oxygen atoms in total.